The first kappa shape index (κ1) is 7.64. The molecule has 0 aliphatic heterocycles. The standard InChI is InChI=1S/C6H7N.Ru/c7-6-4-2-1-3-5-6;/h1-5H,7H2;. The van der Waals surface area contributed by atoms with Gasteiger partial charge in [0.1, 0.15) is 0 Å². The van der Waals surface area contributed by atoms with Crippen molar-refractivity contribution in [1.82, 2.24) is 0 Å². The second kappa shape index (κ2) is 3.62. The molecule has 0 unspecified atom stereocenters. The van der Waals surface area contributed by atoms with Crippen LogP contribution in [0.15, 0.2) is 30.3 Å². The molecule has 0 bridgehead atoms. The molecule has 1 rings (SSSR count). The van der Waals surface area contributed by atoms with E-state index < -0.39 is 0 Å². The molecular formula is C6H7NRu. The van der Waals surface area contributed by atoms with Gasteiger partial charge in [-0.1, -0.05) is 18.2 Å². The number of hydrogen-bond donors (Lipinski definition) is 1. The van der Waals surface area contributed by atoms with Gasteiger partial charge in [0, 0.05) is 25.2 Å². The molecule has 8 heavy (non-hydrogen) atoms. The number of hydrogen-bond acceptors (Lipinski definition) is 1. The van der Waals surface area contributed by atoms with Crippen molar-refractivity contribution in [3.05, 3.63) is 30.3 Å². The molecule has 0 heterocycles. The summed E-state index contributed by atoms with van der Waals surface area (Å²) in [6.07, 6.45) is 0. The van der Waals surface area contributed by atoms with Crippen LogP contribution in [0.2, 0.25) is 0 Å². The number of benzene rings is 1. The first-order chi connectivity index (χ1) is 3.39. The zero-order valence-corrected chi connectivity index (χ0v) is 6.06. The average Bonchev–Trinajstić information content (AvgIpc) is 1.69. The van der Waals surface area contributed by atoms with Crippen molar-refractivity contribution in [3.8, 4) is 0 Å². The van der Waals surface area contributed by atoms with Crippen LogP contribution >= 0.6 is 0 Å². The maximum atomic E-state index is 5.36. The minimum Gasteiger partial charge on any atom is -0.399 e. The molecule has 0 aliphatic rings. The molecule has 0 aromatic heterocycles. The summed E-state index contributed by atoms with van der Waals surface area (Å²) < 4.78 is 0. The van der Waals surface area contributed by atoms with Crippen LogP contribution in [-0.4, -0.2) is 0 Å². The Morgan fingerprint density at radius 1 is 1.00 bits per heavy atom. The molecule has 0 atom stereocenters. The Morgan fingerprint density at radius 2 is 1.50 bits per heavy atom. The number of rotatable bonds is 0. The molecule has 44 valence electrons. The monoisotopic (exact) mass is 195 g/mol. The Labute approximate surface area is 61.7 Å². The number of nitrogen functional groups attached to an aromatic ring is 1. The number of nitrogens with two attached hydrogens (primary N) is 1. The van der Waals surface area contributed by atoms with Gasteiger partial charge < -0.3 is 5.73 Å². The smallest absolute Gasteiger partial charge is 0.0313 e. The molecule has 0 saturated heterocycles. The molecule has 1 aromatic rings. The van der Waals surface area contributed by atoms with Crippen molar-refractivity contribution >= 4 is 5.69 Å². The summed E-state index contributed by atoms with van der Waals surface area (Å²) in [6.45, 7) is 0. The fourth-order valence-electron chi connectivity index (χ4n) is 0.453. The van der Waals surface area contributed by atoms with E-state index in [9.17, 15) is 0 Å². The zero-order chi connectivity index (χ0) is 5.11. The van der Waals surface area contributed by atoms with Crippen molar-refractivity contribution in [2.24, 2.45) is 0 Å². The fourth-order valence-corrected chi connectivity index (χ4v) is 0.453. The predicted octanol–water partition coefficient (Wildman–Crippen LogP) is 1.27. The Hall–Kier alpha value is -0.357. The molecule has 0 fully saturated rings. The van der Waals surface area contributed by atoms with Gasteiger partial charge in [-0.2, -0.15) is 0 Å². The molecule has 0 amide bonds. The van der Waals surface area contributed by atoms with Crippen molar-refractivity contribution in [2.75, 3.05) is 5.73 Å². The maximum Gasteiger partial charge on any atom is 0.0313 e. The Morgan fingerprint density at radius 3 is 1.75 bits per heavy atom. The minimum atomic E-state index is 0. The number of para-hydroxylation sites is 1. The van der Waals surface area contributed by atoms with E-state index in [2.05, 4.69) is 0 Å². The quantitative estimate of drug-likeness (QED) is 0.488. The summed E-state index contributed by atoms with van der Waals surface area (Å²) in [5.41, 5.74) is 6.18. The molecule has 0 radical (unpaired) electrons. The van der Waals surface area contributed by atoms with E-state index in [1.54, 1.807) is 0 Å². The summed E-state index contributed by atoms with van der Waals surface area (Å²) in [5.74, 6) is 0. The van der Waals surface area contributed by atoms with E-state index in [0.717, 1.165) is 5.69 Å². The Balaban J connectivity index is 0.000000490. The van der Waals surface area contributed by atoms with Gasteiger partial charge in [0.2, 0.25) is 0 Å². The van der Waals surface area contributed by atoms with Gasteiger partial charge in [0.15, 0.2) is 0 Å². The van der Waals surface area contributed by atoms with Gasteiger partial charge >= 0.3 is 0 Å². The van der Waals surface area contributed by atoms with E-state index in [0.29, 0.717) is 0 Å². The van der Waals surface area contributed by atoms with Crippen molar-refractivity contribution in [3.63, 3.8) is 0 Å². The summed E-state index contributed by atoms with van der Waals surface area (Å²) in [6, 6.07) is 9.49. The molecule has 2 heteroatoms. The van der Waals surface area contributed by atoms with Crippen molar-refractivity contribution in [2.45, 2.75) is 0 Å². The van der Waals surface area contributed by atoms with Crippen LogP contribution in [0.3, 0.4) is 0 Å². The molecule has 0 saturated carbocycles. The molecule has 1 aromatic carbocycles. The third kappa shape index (κ3) is 2.08. The summed E-state index contributed by atoms with van der Waals surface area (Å²) in [7, 11) is 0. The van der Waals surface area contributed by atoms with E-state index in [1.807, 2.05) is 30.3 Å². The molecule has 2 N–H and O–H groups in total. The summed E-state index contributed by atoms with van der Waals surface area (Å²) >= 11 is 0. The zero-order valence-electron chi connectivity index (χ0n) is 4.32. The van der Waals surface area contributed by atoms with Crippen LogP contribution in [0.4, 0.5) is 5.69 Å². The van der Waals surface area contributed by atoms with Crippen LogP contribution in [-0.2, 0) is 19.5 Å². The first-order valence-electron chi connectivity index (χ1n) is 2.20. The molecular weight excluding hydrogens is 187 g/mol. The number of anilines is 1. The van der Waals surface area contributed by atoms with Gasteiger partial charge in [0.05, 0.1) is 0 Å². The predicted molar refractivity (Wildman–Crippen MR) is 30.9 cm³/mol. The van der Waals surface area contributed by atoms with Crippen LogP contribution in [0.5, 0.6) is 0 Å². The Kier molecular flexibility index (Phi) is 3.46. The summed E-state index contributed by atoms with van der Waals surface area (Å²) in [5, 5.41) is 0. The third-order valence-corrected chi connectivity index (χ3v) is 0.800. The molecule has 0 spiro atoms. The third-order valence-electron chi connectivity index (χ3n) is 0.800. The van der Waals surface area contributed by atoms with Crippen LogP contribution in [0, 0.1) is 0 Å². The fraction of sp³-hybridized carbons (Fsp3) is 0. The van der Waals surface area contributed by atoms with Crippen LogP contribution in [0.1, 0.15) is 0 Å². The van der Waals surface area contributed by atoms with E-state index in [1.165, 1.54) is 0 Å². The minimum absolute atomic E-state index is 0. The molecule has 1 nitrogen and oxygen atoms in total. The largest absolute Gasteiger partial charge is 0.399 e. The van der Waals surface area contributed by atoms with Crippen LogP contribution < -0.4 is 5.73 Å². The van der Waals surface area contributed by atoms with Gasteiger partial charge in [-0.25, -0.2) is 0 Å². The topological polar surface area (TPSA) is 26.0 Å². The van der Waals surface area contributed by atoms with Gasteiger partial charge in [-0.15, -0.1) is 0 Å². The molecule has 0 aliphatic carbocycles. The van der Waals surface area contributed by atoms with Crippen molar-refractivity contribution < 1.29 is 19.5 Å². The average molecular weight is 194 g/mol. The summed E-state index contributed by atoms with van der Waals surface area (Å²) in [4.78, 5) is 0. The normalized spacial score (nSPS) is 7.50. The first-order valence-corrected chi connectivity index (χ1v) is 2.20. The van der Waals surface area contributed by atoms with E-state index in [-0.39, 0.29) is 19.5 Å². The SMILES string of the molecule is Nc1ccccc1.[Ru]. The van der Waals surface area contributed by atoms with Gasteiger partial charge in [-0.3, -0.25) is 0 Å². The Bertz CT molecular complexity index is 138. The van der Waals surface area contributed by atoms with Crippen molar-refractivity contribution in [1.29, 1.82) is 0 Å². The van der Waals surface area contributed by atoms with Gasteiger partial charge in [-0.05, 0) is 12.1 Å². The van der Waals surface area contributed by atoms with Crippen LogP contribution in [0.25, 0.3) is 0 Å². The second-order valence-corrected chi connectivity index (χ2v) is 1.41. The second-order valence-electron chi connectivity index (χ2n) is 1.41. The maximum absolute atomic E-state index is 5.36. The van der Waals surface area contributed by atoms with E-state index in [4.69, 9.17) is 5.73 Å². The van der Waals surface area contributed by atoms with E-state index >= 15 is 0 Å². The van der Waals surface area contributed by atoms with Gasteiger partial charge in [0.25, 0.3) is 0 Å².